The Morgan fingerprint density at radius 2 is 1.85 bits per heavy atom. The molecule has 106 valence electrons. The summed E-state index contributed by atoms with van der Waals surface area (Å²) >= 11 is 0. The highest BCUT2D eigenvalue weighted by atomic mass is 16.5. The van der Waals surface area contributed by atoms with E-state index < -0.39 is 0 Å². The molecule has 0 fully saturated rings. The van der Waals surface area contributed by atoms with Crippen LogP contribution in [0, 0.1) is 0 Å². The van der Waals surface area contributed by atoms with Gasteiger partial charge in [-0.25, -0.2) is 9.97 Å². The lowest BCUT2D eigenvalue weighted by Gasteiger charge is -2.12. The number of hydrogen-bond donors (Lipinski definition) is 1. The molecule has 0 amide bonds. The van der Waals surface area contributed by atoms with Gasteiger partial charge in [0.15, 0.2) is 0 Å². The minimum absolute atomic E-state index is 0.620. The lowest BCUT2D eigenvalue weighted by Crippen LogP contribution is -2.02. The Labute approximate surface area is 120 Å². The van der Waals surface area contributed by atoms with Crippen LogP contribution in [0.2, 0.25) is 0 Å². The molecule has 0 saturated heterocycles. The molecule has 0 radical (unpaired) electrons. The van der Waals surface area contributed by atoms with E-state index in [1.807, 2.05) is 19.2 Å². The van der Waals surface area contributed by atoms with Crippen molar-refractivity contribution in [3.8, 4) is 11.6 Å². The quantitative estimate of drug-likeness (QED) is 0.867. The molecule has 0 aliphatic carbocycles. The fraction of sp³-hybridized carbons (Fsp3) is 0.375. The van der Waals surface area contributed by atoms with E-state index in [4.69, 9.17) is 4.74 Å². The summed E-state index contributed by atoms with van der Waals surface area (Å²) in [6.07, 6.45) is 4.58. The van der Waals surface area contributed by atoms with Crippen LogP contribution in [-0.4, -0.2) is 17.0 Å². The molecule has 4 heteroatoms. The molecule has 0 aliphatic rings. The molecule has 4 nitrogen and oxygen atoms in total. The van der Waals surface area contributed by atoms with E-state index in [1.165, 1.54) is 11.9 Å². The summed E-state index contributed by atoms with van der Waals surface area (Å²) in [6.45, 7) is 4.24. The number of ether oxygens (including phenoxy) is 1. The number of aromatic nitrogens is 2. The largest absolute Gasteiger partial charge is 0.439 e. The van der Waals surface area contributed by atoms with Gasteiger partial charge in [-0.15, -0.1) is 0 Å². The van der Waals surface area contributed by atoms with Gasteiger partial charge in [-0.1, -0.05) is 32.4 Å². The normalized spacial score (nSPS) is 10.3. The van der Waals surface area contributed by atoms with E-state index in [0.717, 1.165) is 36.4 Å². The zero-order valence-electron chi connectivity index (χ0n) is 12.3. The molecular weight excluding hydrogens is 250 g/mol. The average molecular weight is 271 g/mol. The third kappa shape index (κ3) is 3.26. The molecule has 0 aliphatic heterocycles. The van der Waals surface area contributed by atoms with E-state index in [1.54, 1.807) is 0 Å². The molecule has 1 N–H and O–H groups in total. The first-order valence-electron chi connectivity index (χ1n) is 7.06. The van der Waals surface area contributed by atoms with Crippen molar-refractivity contribution >= 4 is 5.82 Å². The number of benzene rings is 1. The van der Waals surface area contributed by atoms with Crippen LogP contribution < -0.4 is 10.1 Å². The summed E-state index contributed by atoms with van der Waals surface area (Å²) in [7, 11) is 1.85. The maximum atomic E-state index is 5.88. The van der Waals surface area contributed by atoms with Gasteiger partial charge in [0.05, 0.1) is 5.56 Å². The summed E-state index contributed by atoms with van der Waals surface area (Å²) in [4.78, 5) is 8.45. The molecule has 0 bridgehead atoms. The molecule has 1 aromatic heterocycles. The first kappa shape index (κ1) is 14.3. The van der Waals surface area contributed by atoms with E-state index >= 15 is 0 Å². The fourth-order valence-corrected chi connectivity index (χ4v) is 2.14. The highest BCUT2D eigenvalue weighted by Gasteiger charge is 2.10. The van der Waals surface area contributed by atoms with E-state index in [9.17, 15) is 0 Å². The topological polar surface area (TPSA) is 47.0 Å². The second kappa shape index (κ2) is 6.89. The summed E-state index contributed by atoms with van der Waals surface area (Å²) in [5.74, 6) is 2.25. The summed E-state index contributed by atoms with van der Waals surface area (Å²) in [5, 5.41) is 3.07. The van der Waals surface area contributed by atoms with Crippen molar-refractivity contribution in [3.05, 3.63) is 41.7 Å². The third-order valence-electron chi connectivity index (χ3n) is 3.17. The van der Waals surface area contributed by atoms with Crippen LogP contribution in [0.25, 0.3) is 0 Å². The highest BCUT2D eigenvalue weighted by molar-refractivity contribution is 5.49. The van der Waals surface area contributed by atoms with Gasteiger partial charge < -0.3 is 10.1 Å². The van der Waals surface area contributed by atoms with Crippen LogP contribution >= 0.6 is 0 Å². The van der Waals surface area contributed by atoms with Gasteiger partial charge in [0.2, 0.25) is 5.88 Å². The number of nitrogens with one attached hydrogen (secondary N) is 1. The summed E-state index contributed by atoms with van der Waals surface area (Å²) < 4.78 is 5.88. The summed E-state index contributed by atoms with van der Waals surface area (Å²) in [5.41, 5.74) is 2.32. The van der Waals surface area contributed by atoms with Gasteiger partial charge in [-0.3, -0.25) is 0 Å². The number of aryl methyl sites for hydroxylation is 1. The predicted octanol–water partition coefficient (Wildman–Crippen LogP) is 3.83. The summed E-state index contributed by atoms with van der Waals surface area (Å²) in [6, 6.07) is 8.19. The Hall–Kier alpha value is -2.10. The first-order valence-corrected chi connectivity index (χ1v) is 7.06. The minimum Gasteiger partial charge on any atom is -0.439 e. The fourth-order valence-electron chi connectivity index (χ4n) is 2.14. The SMILES string of the molecule is CCCc1ccc(Oc2ncnc(NC)c2CC)cc1. The van der Waals surface area contributed by atoms with Crippen LogP contribution in [-0.2, 0) is 12.8 Å². The van der Waals surface area contributed by atoms with Crippen LogP contribution in [0.15, 0.2) is 30.6 Å². The lowest BCUT2D eigenvalue weighted by atomic mass is 10.1. The number of anilines is 1. The highest BCUT2D eigenvalue weighted by Crippen LogP contribution is 2.27. The Kier molecular flexibility index (Phi) is 4.93. The maximum Gasteiger partial charge on any atom is 0.227 e. The van der Waals surface area contributed by atoms with Gasteiger partial charge in [0.1, 0.15) is 17.9 Å². The van der Waals surface area contributed by atoms with Crippen LogP contribution in [0.1, 0.15) is 31.4 Å². The van der Waals surface area contributed by atoms with E-state index in [2.05, 4.69) is 41.3 Å². The molecule has 1 aromatic carbocycles. The zero-order valence-corrected chi connectivity index (χ0v) is 12.3. The van der Waals surface area contributed by atoms with Gasteiger partial charge in [0, 0.05) is 7.05 Å². The molecular formula is C16H21N3O. The van der Waals surface area contributed by atoms with Crippen LogP contribution in [0.3, 0.4) is 0 Å². The molecule has 1 heterocycles. The van der Waals surface area contributed by atoms with Crippen molar-refractivity contribution < 1.29 is 4.74 Å². The Morgan fingerprint density at radius 3 is 2.45 bits per heavy atom. The standard InChI is InChI=1S/C16H21N3O/c1-4-6-12-7-9-13(10-8-12)20-16-14(5-2)15(17-3)18-11-19-16/h7-11H,4-6H2,1-3H3,(H,17,18,19). The molecule has 2 aromatic rings. The smallest absolute Gasteiger partial charge is 0.227 e. The molecule has 2 rings (SSSR count). The van der Waals surface area contributed by atoms with Crippen molar-refractivity contribution in [2.45, 2.75) is 33.1 Å². The van der Waals surface area contributed by atoms with Crippen molar-refractivity contribution in [2.24, 2.45) is 0 Å². The molecule has 0 atom stereocenters. The predicted molar refractivity (Wildman–Crippen MR) is 81.5 cm³/mol. The number of nitrogens with zero attached hydrogens (tertiary/aromatic N) is 2. The van der Waals surface area contributed by atoms with Crippen molar-refractivity contribution in [2.75, 3.05) is 12.4 Å². The van der Waals surface area contributed by atoms with Crippen molar-refractivity contribution in [1.29, 1.82) is 0 Å². The monoisotopic (exact) mass is 271 g/mol. The van der Waals surface area contributed by atoms with E-state index in [0.29, 0.717) is 5.88 Å². The Morgan fingerprint density at radius 1 is 1.10 bits per heavy atom. The van der Waals surface area contributed by atoms with Crippen LogP contribution in [0.5, 0.6) is 11.6 Å². The Balaban J connectivity index is 2.21. The van der Waals surface area contributed by atoms with E-state index in [-0.39, 0.29) is 0 Å². The van der Waals surface area contributed by atoms with Crippen molar-refractivity contribution in [3.63, 3.8) is 0 Å². The molecule has 0 unspecified atom stereocenters. The van der Waals surface area contributed by atoms with Gasteiger partial charge in [-0.2, -0.15) is 0 Å². The third-order valence-corrected chi connectivity index (χ3v) is 3.17. The average Bonchev–Trinajstić information content (AvgIpc) is 2.49. The first-order chi connectivity index (χ1) is 9.78. The lowest BCUT2D eigenvalue weighted by molar-refractivity contribution is 0.455. The maximum absolute atomic E-state index is 5.88. The van der Waals surface area contributed by atoms with Gasteiger partial charge >= 0.3 is 0 Å². The Bertz CT molecular complexity index is 552. The second-order valence-electron chi connectivity index (χ2n) is 4.61. The molecule has 0 saturated carbocycles. The number of rotatable bonds is 6. The number of hydrogen-bond acceptors (Lipinski definition) is 4. The van der Waals surface area contributed by atoms with Gasteiger partial charge in [-0.05, 0) is 30.5 Å². The molecule has 0 spiro atoms. The van der Waals surface area contributed by atoms with Crippen LogP contribution in [0.4, 0.5) is 5.82 Å². The zero-order chi connectivity index (χ0) is 14.4. The molecule has 20 heavy (non-hydrogen) atoms. The van der Waals surface area contributed by atoms with Crippen molar-refractivity contribution in [1.82, 2.24) is 9.97 Å². The van der Waals surface area contributed by atoms with Gasteiger partial charge in [0.25, 0.3) is 0 Å². The minimum atomic E-state index is 0.620. The second-order valence-corrected chi connectivity index (χ2v) is 4.61.